The van der Waals surface area contributed by atoms with Gasteiger partial charge in [-0.3, -0.25) is 9.69 Å². The van der Waals surface area contributed by atoms with Gasteiger partial charge in [0.25, 0.3) is 0 Å². The van der Waals surface area contributed by atoms with Gasteiger partial charge in [0.1, 0.15) is 0 Å². The molecule has 1 saturated heterocycles. The molecule has 2 rings (SSSR count). The molecule has 0 radical (unpaired) electrons. The maximum atomic E-state index is 11.8. The molecule has 1 heterocycles. The lowest BCUT2D eigenvalue weighted by molar-refractivity contribution is -0.122. The van der Waals surface area contributed by atoms with E-state index in [0.29, 0.717) is 5.92 Å². The largest absolute Gasteiger partial charge is 0.355 e. The van der Waals surface area contributed by atoms with Gasteiger partial charge in [-0.1, -0.05) is 13.3 Å². The SMILES string of the molecule is CC1CCC(CC(=O)NCCN2CCNCC2)C1.Cl. The fourth-order valence-electron chi connectivity index (χ4n) is 3.13. The molecule has 1 amide bonds. The van der Waals surface area contributed by atoms with E-state index in [1.807, 2.05) is 0 Å². The van der Waals surface area contributed by atoms with E-state index >= 15 is 0 Å². The monoisotopic (exact) mass is 289 g/mol. The lowest BCUT2D eigenvalue weighted by Crippen LogP contribution is -2.46. The highest BCUT2D eigenvalue weighted by Gasteiger charge is 2.23. The third-order valence-corrected chi connectivity index (χ3v) is 4.24. The molecule has 0 bridgehead atoms. The lowest BCUT2D eigenvalue weighted by Gasteiger charge is -2.27. The third-order valence-electron chi connectivity index (χ3n) is 4.24. The Labute approximate surface area is 123 Å². The Morgan fingerprint density at radius 1 is 1.32 bits per heavy atom. The number of carbonyl (C=O) groups excluding carboxylic acids is 1. The van der Waals surface area contributed by atoms with Gasteiger partial charge >= 0.3 is 0 Å². The van der Waals surface area contributed by atoms with Crippen molar-refractivity contribution in [1.29, 1.82) is 0 Å². The van der Waals surface area contributed by atoms with Gasteiger partial charge in [0.05, 0.1) is 0 Å². The number of piperazine rings is 1. The molecule has 0 aromatic rings. The minimum Gasteiger partial charge on any atom is -0.355 e. The zero-order chi connectivity index (χ0) is 12.8. The molecule has 1 aliphatic heterocycles. The Morgan fingerprint density at radius 3 is 2.68 bits per heavy atom. The van der Waals surface area contributed by atoms with Crippen LogP contribution in [-0.4, -0.2) is 50.1 Å². The van der Waals surface area contributed by atoms with Gasteiger partial charge in [-0.15, -0.1) is 12.4 Å². The fraction of sp³-hybridized carbons (Fsp3) is 0.929. The van der Waals surface area contributed by atoms with E-state index in [1.165, 1.54) is 19.3 Å². The summed E-state index contributed by atoms with van der Waals surface area (Å²) in [5.41, 5.74) is 0. The minimum atomic E-state index is 0. The second kappa shape index (κ2) is 8.77. The Hall–Kier alpha value is -0.320. The van der Waals surface area contributed by atoms with Crippen LogP contribution >= 0.6 is 12.4 Å². The molecule has 2 aliphatic rings. The summed E-state index contributed by atoms with van der Waals surface area (Å²) >= 11 is 0. The number of hydrogen-bond acceptors (Lipinski definition) is 3. The zero-order valence-corrected chi connectivity index (χ0v) is 12.8. The first kappa shape index (κ1) is 16.7. The van der Waals surface area contributed by atoms with Crippen molar-refractivity contribution in [3.05, 3.63) is 0 Å². The summed E-state index contributed by atoms with van der Waals surface area (Å²) in [5, 5.41) is 6.41. The van der Waals surface area contributed by atoms with Crippen LogP contribution in [0.1, 0.15) is 32.6 Å². The molecule has 5 heteroatoms. The van der Waals surface area contributed by atoms with Crippen molar-refractivity contribution in [3.63, 3.8) is 0 Å². The number of amides is 1. The molecule has 0 aromatic heterocycles. The van der Waals surface area contributed by atoms with Gasteiger partial charge in [-0.05, 0) is 24.7 Å². The van der Waals surface area contributed by atoms with Gasteiger partial charge in [-0.2, -0.15) is 0 Å². The molecule has 0 aromatic carbocycles. The van der Waals surface area contributed by atoms with Crippen molar-refractivity contribution in [2.75, 3.05) is 39.3 Å². The molecule has 1 aliphatic carbocycles. The summed E-state index contributed by atoms with van der Waals surface area (Å²) in [6, 6.07) is 0. The predicted octanol–water partition coefficient (Wildman–Crippen LogP) is 1.26. The summed E-state index contributed by atoms with van der Waals surface area (Å²) in [6.45, 7) is 8.46. The van der Waals surface area contributed by atoms with E-state index in [0.717, 1.165) is 51.6 Å². The summed E-state index contributed by atoms with van der Waals surface area (Å²) in [7, 11) is 0. The first-order chi connectivity index (χ1) is 8.74. The topological polar surface area (TPSA) is 44.4 Å². The quantitative estimate of drug-likeness (QED) is 0.801. The van der Waals surface area contributed by atoms with Crippen molar-refractivity contribution >= 4 is 18.3 Å². The van der Waals surface area contributed by atoms with Crippen LogP contribution in [-0.2, 0) is 4.79 Å². The minimum absolute atomic E-state index is 0. The number of nitrogens with zero attached hydrogens (tertiary/aromatic N) is 1. The number of halogens is 1. The van der Waals surface area contributed by atoms with Crippen molar-refractivity contribution in [1.82, 2.24) is 15.5 Å². The standard InChI is InChI=1S/C14H27N3O.ClH/c1-12-2-3-13(10-12)11-14(18)16-6-9-17-7-4-15-5-8-17;/h12-13,15H,2-11H2,1H3,(H,16,18);1H. The van der Waals surface area contributed by atoms with Gasteiger partial charge in [0, 0.05) is 45.7 Å². The van der Waals surface area contributed by atoms with E-state index in [1.54, 1.807) is 0 Å². The van der Waals surface area contributed by atoms with Crippen LogP contribution in [0.15, 0.2) is 0 Å². The van der Waals surface area contributed by atoms with Crippen LogP contribution in [0.25, 0.3) is 0 Å². The number of rotatable bonds is 5. The van der Waals surface area contributed by atoms with Crippen molar-refractivity contribution in [3.8, 4) is 0 Å². The van der Waals surface area contributed by atoms with Crippen molar-refractivity contribution in [2.24, 2.45) is 11.8 Å². The van der Waals surface area contributed by atoms with Gasteiger partial charge < -0.3 is 10.6 Å². The highest BCUT2D eigenvalue weighted by Crippen LogP contribution is 2.32. The van der Waals surface area contributed by atoms with E-state index < -0.39 is 0 Å². The van der Waals surface area contributed by atoms with Crippen LogP contribution in [0, 0.1) is 11.8 Å². The Bertz CT molecular complexity index is 269. The van der Waals surface area contributed by atoms with Crippen LogP contribution in [0.4, 0.5) is 0 Å². The molecule has 2 N–H and O–H groups in total. The van der Waals surface area contributed by atoms with E-state index in [4.69, 9.17) is 0 Å². The van der Waals surface area contributed by atoms with E-state index in [9.17, 15) is 4.79 Å². The predicted molar refractivity (Wildman–Crippen MR) is 80.7 cm³/mol. The van der Waals surface area contributed by atoms with Gasteiger partial charge in [0.2, 0.25) is 5.91 Å². The molecule has 19 heavy (non-hydrogen) atoms. The third kappa shape index (κ3) is 6.11. The summed E-state index contributed by atoms with van der Waals surface area (Å²) in [6.07, 6.45) is 4.53. The summed E-state index contributed by atoms with van der Waals surface area (Å²) in [4.78, 5) is 14.2. The van der Waals surface area contributed by atoms with E-state index in [-0.39, 0.29) is 18.3 Å². The maximum Gasteiger partial charge on any atom is 0.220 e. The normalized spacial score (nSPS) is 27.8. The van der Waals surface area contributed by atoms with Crippen molar-refractivity contribution in [2.45, 2.75) is 32.6 Å². The number of nitrogens with one attached hydrogen (secondary N) is 2. The summed E-state index contributed by atoms with van der Waals surface area (Å²) in [5.74, 6) is 1.71. The second-order valence-electron chi connectivity index (χ2n) is 5.93. The molecular weight excluding hydrogens is 262 g/mol. The molecule has 2 fully saturated rings. The second-order valence-corrected chi connectivity index (χ2v) is 5.93. The maximum absolute atomic E-state index is 11.8. The molecule has 1 saturated carbocycles. The first-order valence-corrected chi connectivity index (χ1v) is 7.44. The molecule has 4 nitrogen and oxygen atoms in total. The highest BCUT2D eigenvalue weighted by atomic mass is 35.5. The van der Waals surface area contributed by atoms with Crippen LogP contribution in [0.5, 0.6) is 0 Å². The van der Waals surface area contributed by atoms with E-state index in [2.05, 4.69) is 22.5 Å². The lowest BCUT2D eigenvalue weighted by atomic mass is 10.0. The molecule has 0 spiro atoms. The van der Waals surface area contributed by atoms with Gasteiger partial charge in [0.15, 0.2) is 0 Å². The smallest absolute Gasteiger partial charge is 0.220 e. The Balaban J connectivity index is 0.00000180. The Morgan fingerprint density at radius 2 is 2.05 bits per heavy atom. The Kier molecular flexibility index (Phi) is 7.73. The molecule has 2 atom stereocenters. The highest BCUT2D eigenvalue weighted by molar-refractivity contribution is 5.85. The summed E-state index contributed by atoms with van der Waals surface area (Å²) < 4.78 is 0. The van der Waals surface area contributed by atoms with Crippen LogP contribution < -0.4 is 10.6 Å². The van der Waals surface area contributed by atoms with Gasteiger partial charge in [-0.25, -0.2) is 0 Å². The average Bonchev–Trinajstić information content (AvgIpc) is 2.76. The molecular formula is C14H28ClN3O. The number of hydrogen-bond donors (Lipinski definition) is 2. The first-order valence-electron chi connectivity index (χ1n) is 7.44. The average molecular weight is 290 g/mol. The molecule has 112 valence electrons. The van der Waals surface area contributed by atoms with Crippen LogP contribution in [0.3, 0.4) is 0 Å². The van der Waals surface area contributed by atoms with Crippen molar-refractivity contribution < 1.29 is 4.79 Å². The zero-order valence-electron chi connectivity index (χ0n) is 12.0. The van der Waals surface area contributed by atoms with Crippen LogP contribution in [0.2, 0.25) is 0 Å². The fourth-order valence-corrected chi connectivity index (χ4v) is 3.13. The molecule has 2 unspecified atom stereocenters. The number of carbonyl (C=O) groups is 1.